The van der Waals surface area contributed by atoms with Crippen LogP contribution in [-0.4, -0.2) is 52.9 Å². The first-order valence-electron chi connectivity index (χ1n) is 8.90. The summed E-state index contributed by atoms with van der Waals surface area (Å²) in [6, 6.07) is 15.4. The zero-order chi connectivity index (χ0) is 17.6. The second kappa shape index (κ2) is 8.43. The van der Waals surface area contributed by atoms with Crippen LogP contribution >= 0.6 is 0 Å². The van der Waals surface area contributed by atoms with Crippen molar-refractivity contribution in [2.45, 2.75) is 43.6 Å². The van der Waals surface area contributed by atoms with Gasteiger partial charge in [0.05, 0.1) is 6.04 Å². The molecule has 134 valence electrons. The molecule has 0 aliphatic heterocycles. The first-order valence-corrected chi connectivity index (χ1v) is 8.90. The van der Waals surface area contributed by atoms with Crippen LogP contribution in [-0.2, 0) is 6.42 Å². The Balaban J connectivity index is 1.62. The topological polar surface area (TPSA) is 71.6 Å². The number of para-hydroxylation sites is 1. The van der Waals surface area contributed by atoms with E-state index in [0.29, 0.717) is 0 Å². The molecule has 1 fully saturated rings. The van der Waals surface area contributed by atoms with Crippen LogP contribution in [0.1, 0.15) is 18.5 Å². The van der Waals surface area contributed by atoms with Gasteiger partial charge in [-0.2, -0.15) is 0 Å². The molecule has 5 heteroatoms. The SMILES string of the molecule is CN(CCc1ccccn1)[C@@H]1[C@@H](O)[C@H](Oc2ccccc2)CC[C@H]1N. The molecule has 0 bridgehead atoms. The standard InChI is InChI=1S/C20H27N3O2/c1-23(14-12-15-7-5-6-13-22-15)19-17(21)10-11-18(20(19)24)25-16-8-3-2-4-9-16/h2-9,13,17-20,24H,10-12,14,21H2,1H3/t17-,18-,19+,20+/m1/s1. The summed E-state index contributed by atoms with van der Waals surface area (Å²) in [4.78, 5) is 6.50. The lowest BCUT2D eigenvalue weighted by Crippen LogP contribution is -2.61. The van der Waals surface area contributed by atoms with Crippen LogP contribution in [0.4, 0.5) is 0 Å². The highest BCUT2D eigenvalue weighted by Crippen LogP contribution is 2.26. The number of hydrogen-bond acceptors (Lipinski definition) is 5. The minimum Gasteiger partial charge on any atom is -0.488 e. The van der Waals surface area contributed by atoms with Crippen molar-refractivity contribution < 1.29 is 9.84 Å². The van der Waals surface area contributed by atoms with Crippen LogP contribution in [0.25, 0.3) is 0 Å². The van der Waals surface area contributed by atoms with Gasteiger partial charge in [0, 0.05) is 30.9 Å². The van der Waals surface area contributed by atoms with Gasteiger partial charge in [0.25, 0.3) is 0 Å². The summed E-state index contributed by atoms with van der Waals surface area (Å²) in [5.74, 6) is 0.789. The molecule has 2 aromatic rings. The number of nitrogens with two attached hydrogens (primary N) is 1. The van der Waals surface area contributed by atoms with Crippen molar-refractivity contribution in [1.29, 1.82) is 0 Å². The molecule has 5 nitrogen and oxygen atoms in total. The Morgan fingerprint density at radius 1 is 1.16 bits per heavy atom. The summed E-state index contributed by atoms with van der Waals surface area (Å²) in [5.41, 5.74) is 7.37. The molecule has 1 aromatic carbocycles. The van der Waals surface area contributed by atoms with Crippen molar-refractivity contribution in [3.8, 4) is 5.75 Å². The second-order valence-corrected chi connectivity index (χ2v) is 6.74. The molecule has 1 heterocycles. The molecular weight excluding hydrogens is 314 g/mol. The number of ether oxygens (including phenoxy) is 1. The summed E-state index contributed by atoms with van der Waals surface area (Å²) in [5, 5.41) is 10.9. The first kappa shape index (κ1) is 17.9. The number of pyridine rings is 1. The van der Waals surface area contributed by atoms with Gasteiger partial charge >= 0.3 is 0 Å². The minimum atomic E-state index is -0.613. The number of rotatable bonds is 6. The molecule has 3 rings (SSSR count). The molecule has 0 unspecified atom stereocenters. The van der Waals surface area contributed by atoms with Crippen molar-refractivity contribution in [1.82, 2.24) is 9.88 Å². The number of aliphatic hydroxyl groups excluding tert-OH is 1. The maximum absolute atomic E-state index is 10.9. The Morgan fingerprint density at radius 2 is 1.92 bits per heavy atom. The predicted molar refractivity (Wildman–Crippen MR) is 98.4 cm³/mol. The van der Waals surface area contributed by atoms with Crippen LogP contribution < -0.4 is 10.5 Å². The van der Waals surface area contributed by atoms with Gasteiger partial charge in [0.15, 0.2) is 0 Å². The Kier molecular flexibility index (Phi) is 6.02. The third-order valence-electron chi connectivity index (χ3n) is 4.94. The summed E-state index contributed by atoms with van der Waals surface area (Å²) >= 11 is 0. The number of aliphatic hydroxyl groups is 1. The van der Waals surface area contributed by atoms with Gasteiger partial charge in [-0.1, -0.05) is 24.3 Å². The summed E-state index contributed by atoms with van der Waals surface area (Å²) in [6.45, 7) is 0.796. The number of aromatic nitrogens is 1. The number of likely N-dealkylation sites (N-methyl/N-ethyl adjacent to an activating group) is 1. The van der Waals surface area contributed by atoms with Crippen molar-refractivity contribution in [2.24, 2.45) is 5.73 Å². The fourth-order valence-electron chi connectivity index (χ4n) is 3.55. The van der Waals surface area contributed by atoms with E-state index in [1.165, 1.54) is 0 Å². The van der Waals surface area contributed by atoms with Crippen LogP contribution in [0.3, 0.4) is 0 Å². The Bertz CT molecular complexity index is 638. The van der Waals surface area contributed by atoms with Gasteiger partial charge in [0.2, 0.25) is 0 Å². The Labute approximate surface area is 149 Å². The van der Waals surface area contributed by atoms with Crippen LogP contribution in [0, 0.1) is 0 Å². The van der Waals surface area contributed by atoms with Gasteiger partial charge < -0.3 is 15.6 Å². The zero-order valence-corrected chi connectivity index (χ0v) is 14.7. The van der Waals surface area contributed by atoms with E-state index >= 15 is 0 Å². The highest BCUT2D eigenvalue weighted by Gasteiger charge is 2.40. The van der Waals surface area contributed by atoms with Gasteiger partial charge in [-0.25, -0.2) is 0 Å². The lowest BCUT2D eigenvalue weighted by molar-refractivity contribution is -0.0547. The van der Waals surface area contributed by atoms with Gasteiger partial charge in [-0.05, 0) is 44.2 Å². The quantitative estimate of drug-likeness (QED) is 0.839. The number of hydrogen-bond donors (Lipinski definition) is 2. The maximum atomic E-state index is 10.9. The van der Waals surface area contributed by atoms with E-state index in [1.807, 2.05) is 55.6 Å². The van der Waals surface area contributed by atoms with Crippen molar-refractivity contribution in [3.63, 3.8) is 0 Å². The van der Waals surface area contributed by atoms with E-state index < -0.39 is 6.10 Å². The molecule has 0 saturated heterocycles. The Morgan fingerprint density at radius 3 is 2.64 bits per heavy atom. The molecular formula is C20H27N3O2. The highest BCUT2D eigenvalue weighted by molar-refractivity contribution is 5.21. The van der Waals surface area contributed by atoms with E-state index in [0.717, 1.165) is 37.3 Å². The molecule has 4 atom stereocenters. The molecule has 0 radical (unpaired) electrons. The molecule has 1 saturated carbocycles. The normalized spacial score (nSPS) is 26.6. The average Bonchev–Trinajstić information content (AvgIpc) is 2.64. The monoisotopic (exact) mass is 341 g/mol. The van der Waals surface area contributed by atoms with Crippen LogP contribution in [0.15, 0.2) is 54.7 Å². The number of nitrogens with zero attached hydrogens (tertiary/aromatic N) is 2. The summed E-state index contributed by atoms with van der Waals surface area (Å²) in [6.07, 6.45) is 3.40. The third-order valence-corrected chi connectivity index (χ3v) is 4.94. The molecule has 1 aliphatic carbocycles. The molecule has 3 N–H and O–H groups in total. The zero-order valence-electron chi connectivity index (χ0n) is 14.7. The minimum absolute atomic E-state index is 0.0562. The summed E-state index contributed by atoms with van der Waals surface area (Å²) < 4.78 is 6.01. The first-order chi connectivity index (χ1) is 12.1. The Hall–Kier alpha value is -1.95. The average molecular weight is 341 g/mol. The van der Waals surface area contributed by atoms with E-state index in [1.54, 1.807) is 6.20 Å². The van der Waals surface area contributed by atoms with E-state index in [9.17, 15) is 5.11 Å². The van der Waals surface area contributed by atoms with E-state index in [2.05, 4.69) is 9.88 Å². The fraction of sp³-hybridized carbons (Fsp3) is 0.450. The van der Waals surface area contributed by atoms with Crippen molar-refractivity contribution >= 4 is 0 Å². The van der Waals surface area contributed by atoms with Gasteiger partial charge in [0.1, 0.15) is 18.0 Å². The lowest BCUT2D eigenvalue weighted by atomic mass is 9.85. The largest absolute Gasteiger partial charge is 0.488 e. The fourth-order valence-corrected chi connectivity index (χ4v) is 3.55. The molecule has 0 spiro atoms. The van der Waals surface area contributed by atoms with Gasteiger partial charge in [-0.15, -0.1) is 0 Å². The predicted octanol–water partition coefficient (Wildman–Crippen LogP) is 1.85. The smallest absolute Gasteiger partial charge is 0.126 e. The highest BCUT2D eigenvalue weighted by atomic mass is 16.5. The van der Waals surface area contributed by atoms with Crippen LogP contribution in [0.5, 0.6) is 5.75 Å². The van der Waals surface area contributed by atoms with E-state index in [4.69, 9.17) is 10.5 Å². The molecule has 1 aliphatic rings. The van der Waals surface area contributed by atoms with E-state index in [-0.39, 0.29) is 18.2 Å². The molecule has 25 heavy (non-hydrogen) atoms. The van der Waals surface area contributed by atoms with Crippen LogP contribution in [0.2, 0.25) is 0 Å². The van der Waals surface area contributed by atoms with Crippen molar-refractivity contribution in [2.75, 3.05) is 13.6 Å². The lowest BCUT2D eigenvalue weighted by Gasteiger charge is -2.43. The summed E-state index contributed by atoms with van der Waals surface area (Å²) in [7, 11) is 2.02. The van der Waals surface area contributed by atoms with Gasteiger partial charge in [-0.3, -0.25) is 9.88 Å². The maximum Gasteiger partial charge on any atom is 0.126 e. The molecule has 0 amide bonds. The second-order valence-electron chi connectivity index (χ2n) is 6.74. The number of benzene rings is 1. The molecule has 1 aromatic heterocycles. The van der Waals surface area contributed by atoms with Crippen molar-refractivity contribution in [3.05, 3.63) is 60.4 Å². The third kappa shape index (κ3) is 4.57.